The summed E-state index contributed by atoms with van der Waals surface area (Å²) in [6.45, 7) is 2.24. The molecule has 0 radical (unpaired) electrons. The van der Waals surface area contributed by atoms with Crippen LogP contribution in [0, 0.1) is 0 Å². The van der Waals surface area contributed by atoms with Crippen LogP contribution in [0.25, 0.3) is 0 Å². The summed E-state index contributed by atoms with van der Waals surface area (Å²) in [6, 6.07) is 6.68. The third-order valence-corrected chi connectivity index (χ3v) is 4.51. The van der Waals surface area contributed by atoms with Gasteiger partial charge in [0.1, 0.15) is 6.61 Å². The van der Waals surface area contributed by atoms with Gasteiger partial charge in [-0.05, 0) is 37.5 Å². The molecule has 162 valence electrons. The minimum absolute atomic E-state index is 0. The molecule has 0 unspecified atom stereocenters. The number of nitrogens with one attached hydrogen (secondary N) is 2. The first-order chi connectivity index (χ1) is 12.6. The number of hydrogen-bond acceptors (Lipinski definition) is 4. The van der Waals surface area contributed by atoms with Crippen LogP contribution < -0.4 is 10.6 Å². The van der Waals surface area contributed by atoms with Gasteiger partial charge in [-0.15, -0.1) is 24.0 Å². The van der Waals surface area contributed by atoms with E-state index in [-0.39, 0.29) is 35.5 Å². The van der Waals surface area contributed by atoms with Gasteiger partial charge in [-0.25, -0.2) is 8.42 Å². The van der Waals surface area contributed by atoms with E-state index in [0.717, 1.165) is 11.8 Å². The second kappa shape index (κ2) is 13.2. The van der Waals surface area contributed by atoms with E-state index in [0.29, 0.717) is 38.4 Å². The molecule has 0 aliphatic carbocycles. The molecule has 0 aliphatic heterocycles. The molecule has 1 rings (SSSR count). The summed E-state index contributed by atoms with van der Waals surface area (Å²) in [5, 5.41) is 6.18. The number of nitrogens with zero attached hydrogens (tertiary/aromatic N) is 1. The van der Waals surface area contributed by atoms with Gasteiger partial charge in [0, 0.05) is 32.5 Å². The fourth-order valence-electron chi connectivity index (χ4n) is 2.12. The van der Waals surface area contributed by atoms with Gasteiger partial charge in [0.2, 0.25) is 0 Å². The van der Waals surface area contributed by atoms with Gasteiger partial charge in [-0.3, -0.25) is 4.99 Å². The van der Waals surface area contributed by atoms with Crippen LogP contribution in [0.2, 0.25) is 0 Å². The zero-order chi connectivity index (χ0) is 20.3. The second-order valence-electron chi connectivity index (χ2n) is 5.87. The van der Waals surface area contributed by atoms with Crippen molar-refractivity contribution in [3.8, 4) is 0 Å². The molecule has 0 spiro atoms. The Morgan fingerprint density at radius 3 is 2.36 bits per heavy atom. The molecule has 0 saturated carbocycles. The minimum atomic E-state index is -4.31. The van der Waals surface area contributed by atoms with Gasteiger partial charge in [0.05, 0.1) is 4.90 Å². The lowest BCUT2D eigenvalue weighted by Crippen LogP contribution is -2.38. The van der Waals surface area contributed by atoms with Crippen LogP contribution in [0.5, 0.6) is 0 Å². The topological polar surface area (TPSA) is 79.8 Å². The highest BCUT2D eigenvalue weighted by Gasteiger charge is 2.27. The lowest BCUT2D eigenvalue weighted by Gasteiger charge is -2.12. The molecule has 6 nitrogen and oxygen atoms in total. The summed E-state index contributed by atoms with van der Waals surface area (Å²) in [4.78, 5) is 4.56. The Hall–Kier alpha value is -1.08. The van der Waals surface area contributed by atoms with Gasteiger partial charge < -0.3 is 15.4 Å². The Balaban J connectivity index is 0.00000729. The van der Waals surface area contributed by atoms with E-state index in [9.17, 15) is 21.6 Å². The van der Waals surface area contributed by atoms with Crippen LogP contribution in [0.15, 0.2) is 34.2 Å². The molecule has 0 atom stereocenters. The molecule has 0 heterocycles. The van der Waals surface area contributed by atoms with Gasteiger partial charge in [-0.2, -0.15) is 13.2 Å². The van der Waals surface area contributed by atoms with E-state index < -0.39 is 22.6 Å². The van der Waals surface area contributed by atoms with Crippen LogP contribution >= 0.6 is 24.0 Å². The Labute approximate surface area is 181 Å². The molecule has 0 amide bonds. The number of ether oxygens (including phenoxy) is 1. The minimum Gasteiger partial charge on any atom is -0.372 e. The fraction of sp³-hybridized carbons (Fsp3) is 0.588. The number of alkyl halides is 3. The van der Waals surface area contributed by atoms with E-state index in [1.165, 1.54) is 0 Å². The van der Waals surface area contributed by atoms with Gasteiger partial charge in [-0.1, -0.05) is 12.1 Å². The van der Waals surface area contributed by atoms with Gasteiger partial charge in [0.25, 0.3) is 0 Å². The highest BCUT2D eigenvalue weighted by molar-refractivity contribution is 14.0. The van der Waals surface area contributed by atoms with Crippen molar-refractivity contribution < 1.29 is 26.3 Å². The highest BCUT2D eigenvalue weighted by atomic mass is 127. The summed E-state index contributed by atoms with van der Waals surface area (Å²) in [7, 11) is -3.20. The zero-order valence-corrected chi connectivity index (χ0v) is 19.0. The third-order valence-electron chi connectivity index (χ3n) is 3.38. The Morgan fingerprint density at radius 2 is 1.82 bits per heavy atom. The number of aliphatic imine (C=N–C) groups is 1. The molecule has 0 aliphatic rings. The standard InChI is InChI=1S/C17H26F3N3O3S.HI/c1-3-21-16(22-10-4-12-26-13-17(18,19)20)23-11-9-14-5-7-15(8-6-14)27(2,24)25;/h5-8H,3-4,9-13H2,1-2H3,(H2,21,22,23);1H. The normalized spacial score (nSPS) is 12.4. The molecular formula is C17H27F3IN3O3S. The van der Waals surface area contributed by atoms with E-state index in [1.807, 2.05) is 6.92 Å². The molecule has 0 saturated heterocycles. The van der Waals surface area contributed by atoms with Crippen molar-refractivity contribution in [2.45, 2.75) is 30.8 Å². The fourth-order valence-corrected chi connectivity index (χ4v) is 2.75. The SMILES string of the molecule is CCNC(=NCCCOCC(F)(F)F)NCCc1ccc(S(C)(=O)=O)cc1.I. The van der Waals surface area contributed by atoms with E-state index in [1.54, 1.807) is 24.3 Å². The second-order valence-corrected chi connectivity index (χ2v) is 7.89. The van der Waals surface area contributed by atoms with Crippen LogP contribution in [0.1, 0.15) is 18.9 Å². The Bertz CT molecular complexity index is 696. The van der Waals surface area contributed by atoms with Gasteiger partial charge >= 0.3 is 6.18 Å². The van der Waals surface area contributed by atoms with Crippen molar-refractivity contribution in [2.24, 2.45) is 4.99 Å². The number of guanidine groups is 1. The summed E-state index contributed by atoms with van der Waals surface area (Å²) >= 11 is 0. The lowest BCUT2D eigenvalue weighted by molar-refractivity contribution is -0.173. The van der Waals surface area contributed by atoms with E-state index in [4.69, 9.17) is 0 Å². The first-order valence-corrected chi connectivity index (χ1v) is 10.5. The van der Waals surface area contributed by atoms with Crippen molar-refractivity contribution in [3.05, 3.63) is 29.8 Å². The van der Waals surface area contributed by atoms with Crippen molar-refractivity contribution in [1.82, 2.24) is 10.6 Å². The maximum Gasteiger partial charge on any atom is 0.411 e. The molecule has 1 aromatic rings. The van der Waals surface area contributed by atoms with E-state index in [2.05, 4.69) is 20.4 Å². The number of hydrogen-bond donors (Lipinski definition) is 2. The summed E-state index contributed by atoms with van der Waals surface area (Å²) in [5.74, 6) is 0.570. The Kier molecular flexibility index (Phi) is 12.7. The van der Waals surface area contributed by atoms with Crippen LogP contribution in [-0.4, -0.2) is 59.7 Å². The van der Waals surface area contributed by atoms with E-state index >= 15 is 0 Å². The maximum atomic E-state index is 12.0. The first kappa shape index (κ1) is 26.9. The quantitative estimate of drug-likeness (QED) is 0.208. The van der Waals surface area contributed by atoms with Crippen molar-refractivity contribution >= 4 is 39.8 Å². The lowest BCUT2D eigenvalue weighted by atomic mass is 10.1. The summed E-state index contributed by atoms with van der Waals surface area (Å²) < 4.78 is 63.3. The van der Waals surface area contributed by atoms with Crippen LogP contribution in [-0.2, 0) is 21.0 Å². The number of benzene rings is 1. The monoisotopic (exact) mass is 537 g/mol. The number of sulfone groups is 1. The van der Waals surface area contributed by atoms with Crippen molar-refractivity contribution in [2.75, 3.05) is 39.1 Å². The smallest absolute Gasteiger partial charge is 0.372 e. The summed E-state index contributed by atoms with van der Waals surface area (Å²) in [5.41, 5.74) is 0.978. The van der Waals surface area contributed by atoms with Crippen LogP contribution in [0.4, 0.5) is 13.2 Å². The molecule has 11 heteroatoms. The first-order valence-electron chi connectivity index (χ1n) is 8.57. The van der Waals surface area contributed by atoms with Crippen LogP contribution in [0.3, 0.4) is 0 Å². The average Bonchev–Trinajstić information content (AvgIpc) is 2.56. The van der Waals surface area contributed by atoms with Gasteiger partial charge in [0.15, 0.2) is 15.8 Å². The largest absolute Gasteiger partial charge is 0.411 e. The van der Waals surface area contributed by atoms with Crippen molar-refractivity contribution in [3.63, 3.8) is 0 Å². The summed E-state index contributed by atoms with van der Waals surface area (Å²) in [6.07, 6.45) is -2.08. The number of rotatable bonds is 10. The predicted molar refractivity (Wildman–Crippen MR) is 114 cm³/mol. The van der Waals surface area contributed by atoms with Crippen molar-refractivity contribution in [1.29, 1.82) is 0 Å². The highest BCUT2D eigenvalue weighted by Crippen LogP contribution is 2.14. The number of halogens is 4. The third kappa shape index (κ3) is 12.4. The molecule has 28 heavy (non-hydrogen) atoms. The Morgan fingerprint density at radius 1 is 1.18 bits per heavy atom. The molecule has 0 aromatic heterocycles. The molecule has 1 aromatic carbocycles. The molecule has 2 N–H and O–H groups in total. The molecular weight excluding hydrogens is 510 g/mol. The predicted octanol–water partition coefficient (Wildman–Crippen LogP) is 2.77. The maximum absolute atomic E-state index is 12.0. The molecule has 0 fully saturated rings. The molecule has 0 bridgehead atoms. The zero-order valence-electron chi connectivity index (χ0n) is 15.9. The average molecular weight is 537 g/mol.